The minimum atomic E-state index is 0.934. The standard InChI is InChI=1S/C30H19N3/c1-2-9-20(10-3-1)21-11-6-12-22(19-21)33-26-16-5-4-13-23(26)27-24-14-7-17-31-28(24)29-25(30(27)33)15-8-18-32-29/h1-19H. The van der Waals surface area contributed by atoms with Gasteiger partial charge in [-0.2, -0.15) is 0 Å². The smallest absolute Gasteiger partial charge is 0.0986 e. The van der Waals surface area contributed by atoms with E-state index in [1.165, 1.54) is 32.9 Å². The second kappa shape index (κ2) is 7.01. The molecule has 7 aromatic rings. The Labute approximate surface area is 190 Å². The van der Waals surface area contributed by atoms with Gasteiger partial charge in [0.25, 0.3) is 0 Å². The highest BCUT2D eigenvalue weighted by Crippen LogP contribution is 2.41. The maximum absolute atomic E-state index is 4.75. The molecule has 0 saturated heterocycles. The fourth-order valence-electron chi connectivity index (χ4n) is 5.07. The van der Waals surface area contributed by atoms with Crippen LogP contribution in [-0.4, -0.2) is 14.5 Å². The summed E-state index contributed by atoms with van der Waals surface area (Å²) < 4.78 is 2.38. The number of nitrogens with zero attached hydrogens (tertiary/aromatic N) is 3. The van der Waals surface area contributed by atoms with E-state index in [1.807, 2.05) is 24.5 Å². The molecule has 4 aromatic carbocycles. The van der Waals surface area contributed by atoms with Gasteiger partial charge in [0, 0.05) is 39.6 Å². The zero-order chi connectivity index (χ0) is 21.8. The van der Waals surface area contributed by atoms with Gasteiger partial charge in [0.15, 0.2) is 0 Å². The van der Waals surface area contributed by atoms with Crippen molar-refractivity contribution < 1.29 is 0 Å². The van der Waals surface area contributed by atoms with E-state index in [4.69, 9.17) is 9.97 Å². The van der Waals surface area contributed by atoms with Crippen molar-refractivity contribution in [2.45, 2.75) is 0 Å². The molecule has 0 bridgehead atoms. The van der Waals surface area contributed by atoms with Crippen molar-refractivity contribution in [3.05, 3.63) is 116 Å². The number of fused-ring (bicyclic) bond motifs is 8. The predicted molar refractivity (Wildman–Crippen MR) is 137 cm³/mol. The molecule has 154 valence electrons. The van der Waals surface area contributed by atoms with E-state index < -0.39 is 0 Å². The molecule has 0 aliphatic rings. The van der Waals surface area contributed by atoms with Gasteiger partial charge in [0.1, 0.15) is 0 Å². The van der Waals surface area contributed by atoms with Crippen molar-refractivity contribution in [1.82, 2.24) is 14.5 Å². The molecule has 7 rings (SSSR count). The number of para-hydroxylation sites is 1. The zero-order valence-electron chi connectivity index (χ0n) is 17.8. The summed E-state index contributed by atoms with van der Waals surface area (Å²) in [7, 11) is 0. The van der Waals surface area contributed by atoms with Gasteiger partial charge in [-0.05, 0) is 47.5 Å². The van der Waals surface area contributed by atoms with Crippen LogP contribution in [0.2, 0.25) is 0 Å². The molecule has 0 atom stereocenters. The molecule has 3 heteroatoms. The molecule has 0 radical (unpaired) electrons. The van der Waals surface area contributed by atoms with Crippen molar-refractivity contribution in [1.29, 1.82) is 0 Å². The quantitative estimate of drug-likeness (QED) is 0.270. The van der Waals surface area contributed by atoms with Gasteiger partial charge in [-0.25, -0.2) is 0 Å². The van der Waals surface area contributed by atoms with Crippen molar-refractivity contribution in [2.75, 3.05) is 0 Å². The van der Waals surface area contributed by atoms with Crippen LogP contribution in [0.3, 0.4) is 0 Å². The van der Waals surface area contributed by atoms with E-state index in [9.17, 15) is 0 Å². The molecule has 0 aliphatic heterocycles. The molecule has 0 spiro atoms. The van der Waals surface area contributed by atoms with Gasteiger partial charge >= 0.3 is 0 Å². The minimum Gasteiger partial charge on any atom is -0.309 e. The second-order valence-corrected chi connectivity index (χ2v) is 8.29. The van der Waals surface area contributed by atoms with Gasteiger partial charge in [-0.15, -0.1) is 0 Å². The summed E-state index contributed by atoms with van der Waals surface area (Å²) in [4.78, 5) is 9.48. The predicted octanol–water partition coefficient (Wildman–Crippen LogP) is 7.55. The SMILES string of the molecule is c1ccc(-c2cccc(-n3c4ccccc4c4c5cccnc5c5ncccc5c43)c2)cc1. The van der Waals surface area contributed by atoms with E-state index in [-0.39, 0.29) is 0 Å². The summed E-state index contributed by atoms with van der Waals surface area (Å²) in [6.07, 6.45) is 3.70. The molecule has 0 amide bonds. The highest BCUT2D eigenvalue weighted by Gasteiger charge is 2.19. The van der Waals surface area contributed by atoms with Gasteiger partial charge < -0.3 is 4.57 Å². The Hall–Kier alpha value is -4.50. The average molecular weight is 422 g/mol. The first kappa shape index (κ1) is 18.1. The highest BCUT2D eigenvalue weighted by atomic mass is 15.0. The van der Waals surface area contributed by atoms with Gasteiger partial charge in [0.05, 0.1) is 22.1 Å². The Balaban J connectivity index is 1.69. The lowest BCUT2D eigenvalue weighted by molar-refractivity contribution is 1.19. The lowest BCUT2D eigenvalue weighted by Crippen LogP contribution is -1.96. The van der Waals surface area contributed by atoms with Crippen molar-refractivity contribution in [3.63, 3.8) is 0 Å². The lowest BCUT2D eigenvalue weighted by Gasteiger charge is -2.12. The van der Waals surface area contributed by atoms with E-state index in [0.717, 1.165) is 27.5 Å². The fourth-order valence-corrected chi connectivity index (χ4v) is 5.07. The largest absolute Gasteiger partial charge is 0.309 e. The molecule has 0 fully saturated rings. The van der Waals surface area contributed by atoms with Crippen LogP contribution in [0.5, 0.6) is 0 Å². The van der Waals surface area contributed by atoms with E-state index in [1.54, 1.807) is 0 Å². The molecule has 0 N–H and O–H groups in total. The van der Waals surface area contributed by atoms with Crippen LogP contribution in [0.15, 0.2) is 116 Å². The first-order valence-corrected chi connectivity index (χ1v) is 11.1. The number of hydrogen-bond donors (Lipinski definition) is 0. The third-order valence-electron chi connectivity index (χ3n) is 6.45. The number of pyridine rings is 2. The molecule has 0 unspecified atom stereocenters. The maximum atomic E-state index is 4.75. The molecule has 0 aliphatic carbocycles. The van der Waals surface area contributed by atoms with Crippen LogP contribution < -0.4 is 0 Å². The summed E-state index contributed by atoms with van der Waals surface area (Å²) in [5.74, 6) is 0. The molecular weight excluding hydrogens is 402 g/mol. The van der Waals surface area contributed by atoms with Crippen LogP contribution in [0.4, 0.5) is 0 Å². The zero-order valence-corrected chi connectivity index (χ0v) is 17.8. The topological polar surface area (TPSA) is 30.7 Å². The van der Waals surface area contributed by atoms with E-state index in [0.29, 0.717) is 0 Å². The number of hydrogen-bond acceptors (Lipinski definition) is 2. The highest BCUT2D eigenvalue weighted by molar-refractivity contribution is 6.30. The van der Waals surface area contributed by atoms with E-state index >= 15 is 0 Å². The fraction of sp³-hybridized carbons (Fsp3) is 0. The Morgan fingerprint density at radius 2 is 1.18 bits per heavy atom. The molecule has 3 heterocycles. The van der Waals surface area contributed by atoms with Crippen LogP contribution in [0, 0.1) is 0 Å². The number of rotatable bonds is 2. The summed E-state index contributed by atoms with van der Waals surface area (Å²) in [6.45, 7) is 0. The first-order valence-electron chi connectivity index (χ1n) is 11.1. The van der Waals surface area contributed by atoms with Crippen molar-refractivity contribution in [3.8, 4) is 16.8 Å². The normalized spacial score (nSPS) is 11.6. The van der Waals surface area contributed by atoms with E-state index in [2.05, 4.69) is 95.6 Å². The Morgan fingerprint density at radius 1 is 0.515 bits per heavy atom. The van der Waals surface area contributed by atoms with Crippen LogP contribution in [0.25, 0.3) is 60.4 Å². The van der Waals surface area contributed by atoms with Gasteiger partial charge in [-0.3, -0.25) is 9.97 Å². The maximum Gasteiger partial charge on any atom is 0.0986 e. The van der Waals surface area contributed by atoms with Crippen LogP contribution >= 0.6 is 0 Å². The third kappa shape index (κ3) is 2.63. The van der Waals surface area contributed by atoms with Crippen molar-refractivity contribution in [2.24, 2.45) is 0 Å². The molecular formula is C30H19N3. The number of benzene rings is 4. The summed E-state index contributed by atoms with van der Waals surface area (Å²) >= 11 is 0. The van der Waals surface area contributed by atoms with Crippen LogP contribution in [-0.2, 0) is 0 Å². The summed E-state index contributed by atoms with van der Waals surface area (Å²) in [6, 6.07) is 36.3. The monoisotopic (exact) mass is 421 g/mol. The van der Waals surface area contributed by atoms with Gasteiger partial charge in [-0.1, -0.05) is 66.7 Å². The molecule has 0 saturated carbocycles. The molecule has 33 heavy (non-hydrogen) atoms. The Bertz CT molecular complexity index is 1810. The number of aromatic nitrogens is 3. The minimum absolute atomic E-state index is 0.934. The first-order chi connectivity index (χ1) is 16.4. The second-order valence-electron chi connectivity index (χ2n) is 8.29. The van der Waals surface area contributed by atoms with Crippen LogP contribution in [0.1, 0.15) is 0 Å². The average Bonchev–Trinajstić information content (AvgIpc) is 3.25. The van der Waals surface area contributed by atoms with Crippen molar-refractivity contribution >= 4 is 43.6 Å². The lowest BCUT2D eigenvalue weighted by atomic mass is 10.0. The Kier molecular flexibility index (Phi) is 3.84. The summed E-state index contributed by atoms with van der Waals surface area (Å²) in [5.41, 5.74) is 7.77. The third-order valence-corrected chi connectivity index (χ3v) is 6.45. The Morgan fingerprint density at radius 3 is 2.03 bits per heavy atom. The molecule has 3 nitrogen and oxygen atoms in total. The molecule has 3 aromatic heterocycles. The summed E-state index contributed by atoms with van der Waals surface area (Å²) in [5, 5.41) is 4.69. The van der Waals surface area contributed by atoms with Gasteiger partial charge in [0.2, 0.25) is 0 Å².